The molecule has 0 atom stereocenters. The molecule has 9 heteroatoms. The predicted molar refractivity (Wildman–Crippen MR) is 78.4 cm³/mol. The summed E-state index contributed by atoms with van der Waals surface area (Å²) in [4.78, 5) is 0.732. The molecule has 1 aromatic rings. The van der Waals surface area contributed by atoms with Gasteiger partial charge in [0.1, 0.15) is 0 Å². The highest BCUT2D eigenvalue weighted by Crippen LogP contribution is 2.14. The van der Waals surface area contributed by atoms with Gasteiger partial charge in [-0.2, -0.15) is 0 Å². The van der Waals surface area contributed by atoms with Crippen LogP contribution in [0.25, 0.3) is 0 Å². The third kappa shape index (κ3) is 7.02. The van der Waals surface area contributed by atoms with Gasteiger partial charge in [0.25, 0.3) is 0 Å². The van der Waals surface area contributed by atoms with Crippen LogP contribution in [0.4, 0.5) is 0 Å². The summed E-state index contributed by atoms with van der Waals surface area (Å²) in [6, 6.07) is 1.72. The Bertz CT molecular complexity index is 707. The smallest absolute Gasteiger partial charge is 0.226 e. The molecule has 0 bridgehead atoms. The minimum absolute atomic E-state index is 0.00468. The first-order valence-corrected chi connectivity index (χ1v) is 10.1. The molecule has 1 rings (SSSR count). The van der Waals surface area contributed by atoms with E-state index < -0.39 is 24.9 Å². The lowest BCUT2D eigenvalue weighted by Gasteiger charge is -2.03. The first kappa shape index (κ1) is 17.1. The number of aliphatic hydroxyl groups is 1. The Morgan fingerprint density at radius 3 is 2.65 bits per heavy atom. The minimum Gasteiger partial charge on any atom is -0.395 e. The van der Waals surface area contributed by atoms with Gasteiger partial charge in [-0.1, -0.05) is 11.8 Å². The summed E-state index contributed by atoms with van der Waals surface area (Å²) in [6.07, 6.45) is 1.25. The number of hydrogen-bond donors (Lipinski definition) is 2. The molecule has 0 saturated heterocycles. The summed E-state index contributed by atoms with van der Waals surface area (Å²) < 4.78 is 47.1. The Kier molecular flexibility index (Phi) is 6.16. The van der Waals surface area contributed by atoms with Crippen LogP contribution < -0.4 is 4.72 Å². The van der Waals surface area contributed by atoms with Crippen LogP contribution in [0.3, 0.4) is 0 Å². The van der Waals surface area contributed by atoms with Gasteiger partial charge >= 0.3 is 0 Å². The first-order valence-electron chi connectivity index (χ1n) is 5.54. The molecular weight excluding hydrogens is 322 g/mol. The lowest BCUT2D eigenvalue weighted by Crippen LogP contribution is -2.29. The van der Waals surface area contributed by atoms with Gasteiger partial charge in [-0.15, -0.1) is 11.3 Å². The Balaban J connectivity index is 2.61. The van der Waals surface area contributed by atoms with Crippen LogP contribution in [-0.2, 0) is 26.4 Å². The highest BCUT2D eigenvalue weighted by atomic mass is 32.3. The summed E-state index contributed by atoms with van der Waals surface area (Å²) in [5.74, 6) is 5.59. The van der Waals surface area contributed by atoms with Gasteiger partial charge in [-0.25, -0.2) is 21.6 Å². The second-order valence-corrected chi connectivity index (χ2v) is 9.36. The average Bonchev–Trinajstić information content (AvgIpc) is 2.72. The SMILES string of the molecule is CS(=O)(=O)CS(=O)(=O)NCc1cc(C#CCCO)cs1. The van der Waals surface area contributed by atoms with E-state index in [0.29, 0.717) is 6.42 Å². The van der Waals surface area contributed by atoms with Crippen molar-refractivity contribution in [2.45, 2.75) is 13.0 Å². The zero-order chi connectivity index (χ0) is 15.2. The van der Waals surface area contributed by atoms with Crippen molar-refractivity contribution in [1.29, 1.82) is 0 Å². The number of aliphatic hydroxyl groups excluding tert-OH is 1. The van der Waals surface area contributed by atoms with Gasteiger partial charge in [0.05, 0.1) is 6.61 Å². The maximum atomic E-state index is 11.5. The van der Waals surface area contributed by atoms with Crippen molar-refractivity contribution in [2.75, 3.05) is 17.9 Å². The van der Waals surface area contributed by atoms with Crippen LogP contribution in [0.15, 0.2) is 11.4 Å². The maximum absolute atomic E-state index is 11.5. The highest BCUT2D eigenvalue weighted by molar-refractivity contribution is 8.06. The normalized spacial score (nSPS) is 11.9. The lowest BCUT2D eigenvalue weighted by molar-refractivity contribution is 0.305. The summed E-state index contributed by atoms with van der Waals surface area (Å²) in [6.45, 7) is 0.0273. The van der Waals surface area contributed by atoms with E-state index in [1.165, 1.54) is 11.3 Å². The van der Waals surface area contributed by atoms with Gasteiger partial charge in [0, 0.05) is 35.0 Å². The molecule has 0 fully saturated rings. The molecule has 0 aliphatic carbocycles. The third-order valence-electron chi connectivity index (χ3n) is 1.96. The molecule has 0 radical (unpaired) electrons. The molecule has 20 heavy (non-hydrogen) atoms. The Labute approximate surface area is 122 Å². The average molecular weight is 337 g/mol. The van der Waals surface area contributed by atoms with E-state index in [0.717, 1.165) is 16.7 Å². The summed E-state index contributed by atoms with van der Waals surface area (Å²) in [5.41, 5.74) is 0.737. The highest BCUT2D eigenvalue weighted by Gasteiger charge is 2.17. The second kappa shape index (κ2) is 7.19. The third-order valence-corrected chi connectivity index (χ3v) is 6.43. The van der Waals surface area contributed by atoms with Crippen molar-refractivity contribution >= 4 is 31.2 Å². The molecule has 1 aromatic heterocycles. The number of rotatable bonds is 6. The number of sulfone groups is 1. The molecule has 0 aliphatic heterocycles. The van der Waals surface area contributed by atoms with Gasteiger partial charge in [0.2, 0.25) is 10.0 Å². The fraction of sp³-hybridized carbons (Fsp3) is 0.455. The standard InChI is InChI=1S/C11H15NO5S3/c1-19(14,15)9-20(16,17)12-7-11-6-10(8-18-11)4-2-3-5-13/h6,8,12-13H,3,5,7,9H2,1H3. The van der Waals surface area contributed by atoms with Crippen molar-refractivity contribution in [3.63, 3.8) is 0 Å². The molecular formula is C11H15NO5S3. The van der Waals surface area contributed by atoms with Crippen molar-refractivity contribution in [3.05, 3.63) is 21.9 Å². The molecule has 0 aliphatic rings. The predicted octanol–water partition coefficient (Wildman–Crippen LogP) is -0.0965. The van der Waals surface area contributed by atoms with Crippen molar-refractivity contribution < 1.29 is 21.9 Å². The summed E-state index contributed by atoms with van der Waals surface area (Å²) in [7, 11) is -7.44. The molecule has 6 nitrogen and oxygen atoms in total. The quantitative estimate of drug-likeness (QED) is 0.706. The van der Waals surface area contributed by atoms with Crippen molar-refractivity contribution in [1.82, 2.24) is 4.72 Å². The Hall–Kier alpha value is -0.920. The molecule has 1 heterocycles. The minimum atomic E-state index is -3.85. The number of hydrogen-bond acceptors (Lipinski definition) is 6. The van der Waals surface area contributed by atoms with Crippen molar-refractivity contribution in [2.24, 2.45) is 0 Å². The van der Waals surface area contributed by atoms with E-state index in [4.69, 9.17) is 5.11 Å². The number of nitrogens with one attached hydrogen (secondary N) is 1. The molecule has 0 amide bonds. The molecule has 0 spiro atoms. The number of sulfonamides is 1. The lowest BCUT2D eigenvalue weighted by atomic mass is 10.3. The zero-order valence-corrected chi connectivity index (χ0v) is 13.2. The van der Waals surface area contributed by atoms with E-state index in [1.807, 2.05) is 0 Å². The van der Waals surface area contributed by atoms with Crippen LogP contribution in [0.1, 0.15) is 16.9 Å². The topological polar surface area (TPSA) is 101 Å². The van der Waals surface area contributed by atoms with Crippen LogP contribution in [0.5, 0.6) is 0 Å². The van der Waals surface area contributed by atoms with Crippen LogP contribution in [0, 0.1) is 11.8 Å². The monoisotopic (exact) mass is 337 g/mol. The summed E-state index contributed by atoms with van der Waals surface area (Å²) in [5, 5.41) is 9.44. The summed E-state index contributed by atoms with van der Waals surface area (Å²) >= 11 is 1.32. The van der Waals surface area contributed by atoms with Crippen LogP contribution >= 0.6 is 11.3 Å². The zero-order valence-electron chi connectivity index (χ0n) is 10.8. The Morgan fingerprint density at radius 1 is 1.35 bits per heavy atom. The molecule has 0 saturated carbocycles. The molecule has 0 unspecified atom stereocenters. The second-order valence-electron chi connectivity index (χ2n) is 4.06. The van der Waals surface area contributed by atoms with Gasteiger partial charge < -0.3 is 5.11 Å². The van der Waals surface area contributed by atoms with Gasteiger partial charge in [-0.05, 0) is 6.07 Å². The largest absolute Gasteiger partial charge is 0.395 e. The fourth-order valence-electron chi connectivity index (χ4n) is 1.26. The van der Waals surface area contributed by atoms with Gasteiger partial charge in [-0.3, -0.25) is 0 Å². The van der Waals surface area contributed by atoms with E-state index in [2.05, 4.69) is 16.6 Å². The van der Waals surface area contributed by atoms with Crippen LogP contribution in [-0.4, -0.2) is 39.9 Å². The molecule has 0 aromatic carbocycles. The van der Waals surface area contributed by atoms with E-state index >= 15 is 0 Å². The molecule has 112 valence electrons. The van der Waals surface area contributed by atoms with Crippen LogP contribution in [0.2, 0.25) is 0 Å². The van der Waals surface area contributed by atoms with Crippen molar-refractivity contribution in [3.8, 4) is 11.8 Å². The molecule has 2 N–H and O–H groups in total. The van der Waals surface area contributed by atoms with E-state index in [1.54, 1.807) is 11.4 Å². The van der Waals surface area contributed by atoms with E-state index in [9.17, 15) is 16.8 Å². The van der Waals surface area contributed by atoms with E-state index in [-0.39, 0.29) is 13.2 Å². The Morgan fingerprint density at radius 2 is 2.05 bits per heavy atom. The number of thiophene rings is 1. The first-order chi connectivity index (χ1) is 9.22. The van der Waals surface area contributed by atoms with Gasteiger partial charge in [0.15, 0.2) is 14.9 Å². The fourth-order valence-corrected chi connectivity index (χ4v) is 5.07. The maximum Gasteiger partial charge on any atom is 0.226 e.